The van der Waals surface area contributed by atoms with Gasteiger partial charge in [-0.3, -0.25) is 9.59 Å². The Balaban J connectivity index is 1.28. The summed E-state index contributed by atoms with van der Waals surface area (Å²) in [7, 11) is 0. The van der Waals surface area contributed by atoms with E-state index in [1.165, 1.54) is 46.9 Å². The maximum absolute atomic E-state index is 13.7. The average Bonchev–Trinajstić information content (AvgIpc) is 3.27. The monoisotopic (exact) mass is 477 g/mol. The Bertz CT molecular complexity index is 1270. The fourth-order valence-electron chi connectivity index (χ4n) is 2.97. The molecule has 0 aliphatic rings. The quantitative estimate of drug-likeness (QED) is 0.309. The second kappa shape index (κ2) is 10.4. The summed E-state index contributed by atoms with van der Waals surface area (Å²) in [5.41, 5.74) is 3.55. The standard InChI is InChI=1S/C25H20FN3O2S2/c1-16-6-8-17(9-7-16)22-14-33-25(28-22)29-23(30)15-32-19-12-10-18(11-13-19)27-24(31)20-4-2-3-5-21(20)26/h2-14H,15H2,1H3,(H,27,31)(H,28,29,30). The first-order chi connectivity index (χ1) is 16.0. The number of hydrogen-bond donors (Lipinski definition) is 2. The van der Waals surface area contributed by atoms with Crippen LogP contribution in [0.3, 0.4) is 0 Å². The van der Waals surface area contributed by atoms with E-state index >= 15 is 0 Å². The van der Waals surface area contributed by atoms with E-state index < -0.39 is 11.7 Å². The van der Waals surface area contributed by atoms with E-state index in [-0.39, 0.29) is 17.2 Å². The van der Waals surface area contributed by atoms with Gasteiger partial charge in [0, 0.05) is 21.5 Å². The molecule has 4 rings (SSSR count). The van der Waals surface area contributed by atoms with Crippen molar-refractivity contribution in [2.45, 2.75) is 11.8 Å². The number of hydrogen-bond acceptors (Lipinski definition) is 5. The third kappa shape index (κ3) is 6.06. The molecule has 0 aliphatic carbocycles. The minimum Gasteiger partial charge on any atom is -0.322 e. The maximum atomic E-state index is 13.7. The Labute approximate surface area is 199 Å². The van der Waals surface area contributed by atoms with Gasteiger partial charge in [0.15, 0.2) is 5.13 Å². The lowest BCUT2D eigenvalue weighted by atomic mass is 10.1. The molecule has 0 radical (unpaired) electrons. The topological polar surface area (TPSA) is 71.1 Å². The van der Waals surface area contributed by atoms with Crippen molar-refractivity contribution >= 4 is 45.7 Å². The SMILES string of the molecule is Cc1ccc(-c2csc(NC(=O)CSc3ccc(NC(=O)c4ccccc4F)cc3)n2)cc1. The van der Waals surface area contributed by atoms with Crippen LogP contribution in [-0.4, -0.2) is 22.6 Å². The fourth-order valence-corrected chi connectivity index (χ4v) is 4.40. The predicted octanol–water partition coefficient (Wildman–Crippen LogP) is 6.24. The predicted molar refractivity (Wildman–Crippen MR) is 132 cm³/mol. The molecule has 1 aromatic heterocycles. The molecule has 0 saturated carbocycles. The Kier molecular flexibility index (Phi) is 7.16. The van der Waals surface area contributed by atoms with Gasteiger partial charge in [-0.1, -0.05) is 42.0 Å². The van der Waals surface area contributed by atoms with Gasteiger partial charge in [-0.25, -0.2) is 9.37 Å². The highest BCUT2D eigenvalue weighted by Gasteiger charge is 2.12. The van der Waals surface area contributed by atoms with E-state index in [1.54, 1.807) is 30.3 Å². The molecule has 3 aromatic carbocycles. The highest BCUT2D eigenvalue weighted by atomic mass is 32.2. The molecule has 2 amide bonds. The molecule has 0 saturated heterocycles. The van der Waals surface area contributed by atoms with Crippen LogP contribution in [0.4, 0.5) is 15.2 Å². The minimum atomic E-state index is -0.570. The number of rotatable bonds is 7. The van der Waals surface area contributed by atoms with Gasteiger partial charge in [0.25, 0.3) is 5.91 Å². The van der Waals surface area contributed by atoms with E-state index in [0.717, 1.165) is 16.2 Å². The van der Waals surface area contributed by atoms with Crippen molar-refractivity contribution < 1.29 is 14.0 Å². The number of benzene rings is 3. The van der Waals surface area contributed by atoms with Crippen molar-refractivity contribution in [3.63, 3.8) is 0 Å². The third-order valence-electron chi connectivity index (χ3n) is 4.70. The summed E-state index contributed by atoms with van der Waals surface area (Å²) in [4.78, 5) is 29.9. The first kappa shape index (κ1) is 22.7. The third-order valence-corrected chi connectivity index (χ3v) is 6.47. The first-order valence-corrected chi connectivity index (χ1v) is 12.0. The van der Waals surface area contributed by atoms with Crippen molar-refractivity contribution in [2.24, 2.45) is 0 Å². The number of amides is 2. The van der Waals surface area contributed by atoms with Gasteiger partial charge in [-0.05, 0) is 43.3 Å². The smallest absolute Gasteiger partial charge is 0.258 e. The number of thiazole rings is 1. The summed E-state index contributed by atoms with van der Waals surface area (Å²) < 4.78 is 13.7. The number of aromatic nitrogens is 1. The Hall–Kier alpha value is -3.49. The second-order valence-electron chi connectivity index (χ2n) is 7.20. The van der Waals surface area contributed by atoms with Crippen LogP contribution in [0.25, 0.3) is 11.3 Å². The molecule has 1 heterocycles. The lowest BCUT2D eigenvalue weighted by Gasteiger charge is -2.07. The van der Waals surface area contributed by atoms with Crippen molar-refractivity contribution in [2.75, 3.05) is 16.4 Å². The molecule has 0 unspecified atom stereocenters. The lowest BCUT2D eigenvalue weighted by Crippen LogP contribution is -2.14. The summed E-state index contributed by atoms with van der Waals surface area (Å²) in [6, 6.07) is 20.9. The van der Waals surface area contributed by atoms with E-state index in [2.05, 4.69) is 15.6 Å². The van der Waals surface area contributed by atoms with Gasteiger partial charge >= 0.3 is 0 Å². The number of anilines is 2. The second-order valence-corrected chi connectivity index (χ2v) is 9.11. The summed E-state index contributed by atoms with van der Waals surface area (Å²) in [5.74, 6) is -1.01. The molecular formula is C25H20FN3O2S2. The molecule has 0 aliphatic heterocycles. The van der Waals surface area contributed by atoms with E-state index in [0.29, 0.717) is 10.8 Å². The summed E-state index contributed by atoms with van der Waals surface area (Å²) in [6.07, 6.45) is 0. The number of nitrogens with one attached hydrogen (secondary N) is 2. The fraction of sp³-hybridized carbons (Fsp3) is 0.0800. The van der Waals surface area contributed by atoms with Crippen LogP contribution < -0.4 is 10.6 Å². The van der Waals surface area contributed by atoms with Gasteiger partial charge < -0.3 is 10.6 Å². The largest absolute Gasteiger partial charge is 0.322 e. The Morgan fingerprint density at radius 3 is 2.42 bits per heavy atom. The normalized spacial score (nSPS) is 10.6. The van der Waals surface area contributed by atoms with Crippen molar-refractivity contribution in [1.29, 1.82) is 0 Å². The van der Waals surface area contributed by atoms with Crippen LogP contribution in [0.5, 0.6) is 0 Å². The van der Waals surface area contributed by atoms with E-state index in [4.69, 9.17) is 0 Å². The van der Waals surface area contributed by atoms with Crippen LogP contribution in [0.15, 0.2) is 83.1 Å². The van der Waals surface area contributed by atoms with Crippen LogP contribution in [-0.2, 0) is 4.79 Å². The molecule has 0 bridgehead atoms. The zero-order chi connectivity index (χ0) is 23.2. The molecule has 166 valence electrons. The van der Waals surface area contributed by atoms with Crippen molar-refractivity contribution in [1.82, 2.24) is 4.98 Å². The molecule has 0 spiro atoms. The van der Waals surface area contributed by atoms with Gasteiger partial charge in [-0.2, -0.15) is 0 Å². The number of halogens is 1. The lowest BCUT2D eigenvalue weighted by molar-refractivity contribution is -0.113. The zero-order valence-corrected chi connectivity index (χ0v) is 19.3. The molecule has 0 atom stereocenters. The average molecular weight is 478 g/mol. The van der Waals surface area contributed by atoms with Gasteiger partial charge in [0.1, 0.15) is 5.82 Å². The van der Waals surface area contributed by atoms with Crippen LogP contribution in [0, 0.1) is 12.7 Å². The zero-order valence-electron chi connectivity index (χ0n) is 17.7. The van der Waals surface area contributed by atoms with Crippen molar-refractivity contribution in [3.8, 4) is 11.3 Å². The van der Waals surface area contributed by atoms with Gasteiger partial charge in [-0.15, -0.1) is 23.1 Å². The minimum absolute atomic E-state index is 0.0136. The number of thioether (sulfide) groups is 1. The summed E-state index contributed by atoms with van der Waals surface area (Å²) in [5, 5.41) is 7.97. The number of aryl methyl sites for hydroxylation is 1. The van der Waals surface area contributed by atoms with Crippen LogP contribution in [0.2, 0.25) is 0 Å². The maximum Gasteiger partial charge on any atom is 0.258 e. The molecule has 0 fully saturated rings. The molecule has 2 N–H and O–H groups in total. The highest BCUT2D eigenvalue weighted by molar-refractivity contribution is 8.00. The molecule has 33 heavy (non-hydrogen) atoms. The molecule has 8 heteroatoms. The van der Waals surface area contributed by atoms with Crippen molar-refractivity contribution in [3.05, 3.63) is 95.1 Å². The first-order valence-electron chi connectivity index (χ1n) is 10.1. The molecule has 5 nitrogen and oxygen atoms in total. The Morgan fingerprint density at radius 1 is 0.970 bits per heavy atom. The highest BCUT2D eigenvalue weighted by Crippen LogP contribution is 2.26. The number of carbonyl (C=O) groups excluding carboxylic acids is 2. The van der Waals surface area contributed by atoms with Crippen LogP contribution >= 0.6 is 23.1 Å². The summed E-state index contributed by atoms with van der Waals surface area (Å²) >= 11 is 2.76. The number of nitrogens with zero attached hydrogens (tertiary/aromatic N) is 1. The van der Waals surface area contributed by atoms with Gasteiger partial charge in [0.05, 0.1) is 17.0 Å². The summed E-state index contributed by atoms with van der Waals surface area (Å²) in [6.45, 7) is 2.03. The number of carbonyl (C=O) groups is 2. The Morgan fingerprint density at radius 2 is 1.70 bits per heavy atom. The van der Waals surface area contributed by atoms with Gasteiger partial charge in [0.2, 0.25) is 5.91 Å². The molecular weight excluding hydrogens is 457 g/mol. The van der Waals surface area contributed by atoms with Crippen LogP contribution in [0.1, 0.15) is 15.9 Å². The van der Waals surface area contributed by atoms with E-state index in [1.807, 2.05) is 36.6 Å². The molecule has 4 aromatic rings. The van der Waals surface area contributed by atoms with E-state index in [9.17, 15) is 14.0 Å².